The van der Waals surface area contributed by atoms with E-state index in [1.165, 1.54) is 11.3 Å². The summed E-state index contributed by atoms with van der Waals surface area (Å²) in [6.07, 6.45) is 1.82. The van der Waals surface area contributed by atoms with Gasteiger partial charge < -0.3 is 14.2 Å². The molecule has 1 atom stereocenters. The lowest BCUT2D eigenvalue weighted by molar-refractivity contribution is -0.139. The molecule has 0 aliphatic carbocycles. The fraction of sp³-hybridized carbons (Fsp3) is 0.171. The first-order valence-corrected chi connectivity index (χ1v) is 15.3. The van der Waals surface area contributed by atoms with E-state index in [1.54, 1.807) is 25.5 Å². The predicted molar refractivity (Wildman–Crippen MR) is 173 cm³/mol. The summed E-state index contributed by atoms with van der Waals surface area (Å²) in [5.74, 6) is 0.726. The molecule has 5 aromatic rings. The zero-order chi connectivity index (χ0) is 30.8. The van der Waals surface area contributed by atoms with Crippen LogP contribution in [0.1, 0.15) is 36.6 Å². The number of rotatable bonds is 8. The van der Waals surface area contributed by atoms with Crippen LogP contribution >= 0.6 is 22.9 Å². The van der Waals surface area contributed by atoms with E-state index in [0.717, 1.165) is 21.9 Å². The van der Waals surface area contributed by atoms with Crippen molar-refractivity contribution in [2.24, 2.45) is 4.99 Å². The van der Waals surface area contributed by atoms with Gasteiger partial charge in [-0.1, -0.05) is 83.6 Å². The van der Waals surface area contributed by atoms with Crippen LogP contribution in [0.2, 0.25) is 5.02 Å². The molecule has 0 saturated carbocycles. The zero-order valence-electron chi connectivity index (χ0n) is 24.4. The molecule has 2 heterocycles. The number of benzene rings is 4. The second kappa shape index (κ2) is 12.5. The number of fused-ring (bicyclic) bond motifs is 2. The van der Waals surface area contributed by atoms with Gasteiger partial charge in [-0.05, 0) is 60.5 Å². The van der Waals surface area contributed by atoms with Crippen LogP contribution in [-0.2, 0) is 16.1 Å². The van der Waals surface area contributed by atoms with Crippen molar-refractivity contribution in [3.8, 4) is 11.5 Å². The van der Waals surface area contributed by atoms with Crippen LogP contribution in [0.15, 0.2) is 106 Å². The number of carbonyl (C=O) groups excluding carboxylic acids is 1. The van der Waals surface area contributed by atoms with Gasteiger partial charge in [0.2, 0.25) is 0 Å². The van der Waals surface area contributed by atoms with Crippen LogP contribution in [0.3, 0.4) is 0 Å². The normalized spacial score (nSPS) is 14.7. The number of nitrogens with zero attached hydrogens (tertiary/aromatic N) is 2. The van der Waals surface area contributed by atoms with Crippen LogP contribution in [0.25, 0.3) is 16.8 Å². The van der Waals surface area contributed by atoms with Crippen molar-refractivity contribution in [3.63, 3.8) is 0 Å². The molecule has 0 radical (unpaired) electrons. The highest BCUT2D eigenvalue weighted by Crippen LogP contribution is 2.40. The average molecular weight is 625 g/mol. The Balaban J connectivity index is 1.44. The second-order valence-corrected chi connectivity index (χ2v) is 11.6. The Morgan fingerprint density at radius 1 is 1.02 bits per heavy atom. The number of hydrogen-bond acceptors (Lipinski definition) is 7. The smallest absolute Gasteiger partial charge is 0.338 e. The molecule has 1 aliphatic rings. The third-order valence-corrected chi connectivity index (χ3v) is 8.82. The maximum Gasteiger partial charge on any atom is 0.338 e. The summed E-state index contributed by atoms with van der Waals surface area (Å²) in [6.45, 7) is 4.06. The summed E-state index contributed by atoms with van der Waals surface area (Å²) in [5, 5.41) is 2.48. The van der Waals surface area contributed by atoms with E-state index in [4.69, 9.17) is 30.8 Å². The number of ether oxygens (including phenoxy) is 3. The van der Waals surface area contributed by atoms with Gasteiger partial charge in [-0.2, -0.15) is 0 Å². The Hall–Kier alpha value is -4.66. The molecule has 9 heteroatoms. The minimum Gasteiger partial charge on any atom is -0.496 e. The largest absolute Gasteiger partial charge is 0.496 e. The van der Waals surface area contributed by atoms with Gasteiger partial charge in [-0.25, -0.2) is 9.79 Å². The Morgan fingerprint density at radius 2 is 1.77 bits per heavy atom. The van der Waals surface area contributed by atoms with E-state index in [2.05, 4.69) is 0 Å². The van der Waals surface area contributed by atoms with E-state index in [-0.39, 0.29) is 12.2 Å². The highest BCUT2D eigenvalue weighted by atomic mass is 35.5. The third-order valence-electron chi connectivity index (χ3n) is 7.47. The first-order valence-electron chi connectivity index (χ1n) is 14.1. The van der Waals surface area contributed by atoms with Crippen LogP contribution in [0.4, 0.5) is 0 Å². The Kier molecular flexibility index (Phi) is 8.37. The van der Waals surface area contributed by atoms with Gasteiger partial charge in [-0.15, -0.1) is 0 Å². The van der Waals surface area contributed by atoms with Crippen molar-refractivity contribution in [2.45, 2.75) is 26.5 Å². The van der Waals surface area contributed by atoms with Crippen LogP contribution in [0.5, 0.6) is 11.5 Å². The lowest BCUT2D eigenvalue weighted by Crippen LogP contribution is -2.40. The maximum absolute atomic E-state index is 14.2. The molecule has 7 nitrogen and oxygen atoms in total. The SMILES string of the molecule is CCOC(=O)C1=C(C)N=c2s/c(=C\c3ccc(OCc4ccccc4Cl)cc3)c(=O)n2C1c1c(OC)ccc2ccccc12. The first kappa shape index (κ1) is 29.4. The average Bonchev–Trinajstić information content (AvgIpc) is 3.34. The molecule has 44 heavy (non-hydrogen) atoms. The third kappa shape index (κ3) is 5.54. The number of esters is 1. The van der Waals surface area contributed by atoms with Gasteiger partial charge in [-0.3, -0.25) is 9.36 Å². The molecule has 0 spiro atoms. The fourth-order valence-corrected chi connectivity index (χ4v) is 6.63. The van der Waals surface area contributed by atoms with Crippen molar-refractivity contribution in [2.75, 3.05) is 13.7 Å². The molecule has 0 fully saturated rings. The van der Waals surface area contributed by atoms with Crippen LogP contribution in [-0.4, -0.2) is 24.3 Å². The minimum absolute atomic E-state index is 0.192. The maximum atomic E-state index is 14.2. The monoisotopic (exact) mass is 624 g/mol. The van der Waals surface area contributed by atoms with Crippen LogP contribution < -0.4 is 24.4 Å². The van der Waals surface area contributed by atoms with Crippen molar-refractivity contribution in [1.29, 1.82) is 0 Å². The molecule has 0 N–H and O–H groups in total. The number of halogens is 1. The summed E-state index contributed by atoms with van der Waals surface area (Å²) in [7, 11) is 1.58. The molecule has 4 aromatic carbocycles. The number of aromatic nitrogens is 1. The van der Waals surface area contributed by atoms with E-state index >= 15 is 0 Å². The number of hydrogen-bond donors (Lipinski definition) is 0. The molecule has 1 aliphatic heterocycles. The van der Waals surface area contributed by atoms with E-state index in [1.807, 2.05) is 91.0 Å². The van der Waals surface area contributed by atoms with Gasteiger partial charge >= 0.3 is 5.97 Å². The molecule has 222 valence electrons. The molecular formula is C35H29ClN2O5S. The molecule has 0 saturated heterocycles. The number of thiazole rings is 1. The summed E-state index contributed by atoms with van der Waals surface area (Å²) >= 11 is 7.52. The quantitative estimate of drug-likeness (QED) is 0.192. The van der Waals surface area contributed by atoms with Crippen molar-refractivity contribution in [1.82, 2.24) is 4.57 Å². The summed E-state index contributed by atoms with van der Waals surface area (Å²) in [6, 6.07) is 25.9. The molecule has 1 aromatic heterocycles. The first-order chi connectivity index (χ1) is 21.4. The fourth-order valence-electron chi connectivity index (χ4n) is 5.39. The molecule has 6 rings (SSSR count). The lowest BCUT2D eigenvalue weighted by atomic mass is 9.90. The van der Waals surface area contributed by atoms with Crippen molar-refractivity contribution in [3.05, 3.63) is 138 Å². The Morgan fingerprint density at radius 3 is 2.52 bits per heavy atom. The number of methoxy groups -OCH3 is 1. The van der Waals surface area contributed by atoms with Crippen molar-refractivity contribution >= 4 is 45.8 Å². The van der Waals surface area contributed by atoms with Gasteiger partial charge in [0.25, 0.3) is 5.56 Å². The van der Waals surface area contributed by atoms with E-state index in [9.17, 15) is 9.59 Å². The predicted octanol–water partition coefficient (Wildman–Crippen LogP) is 6.19. The second-order valence-electron chi connectivity index (χ2n) is 10.2. The highest BCUT2D eigenvalue weighted by molar-refractivity contribution is 7.07. The lowest BCUT2D eigenvalue weighted by Gasteiger charge is -2.27. The molecule has 0 amide bonds. The van der Waals surface area contributed by atoms with E-state index < -0.39 is 12.0 Å². The standard InChI is InChI=1S/C35H29ClN2O5S/c1-4-42-34(40)30-21(2)37-35-38(32(30)31-26-11-7-5-9-23(26)15-18-28(31)41-3)33(39)29(44-35)19-22-13-16-25(17-14-22)43-20-24-10-6-8-12-27(24)36/h5-19,32H,4,20H2,1-3H3/b29-19-. The number of carbonyl (C=O) groups is 1. The molecule has 0 bridgehead atoms. The summed E-state index contributed by atoms with van der Waals surface area (Å²) in [5.41, 5.74) is 2.96. The van der Waals surface area contributed by atoms with Gasteiger partial charge in [0.05, 0.1) is 29.5 Å². The minimum atomic E-state index is -0.797. The van der Waals surface area contributed by atoms with Gasteiger partial charge in [0.15, 0.2) is 4.80 Å². The van der Waals surface area contributed by atoms with Crippen molar-refractivity contribution < 1.29 is 19.0 Å². The zero-order valence-corrected chi connectivity index (χ0v) is 25.9. The molecule has 1 unspecified atom stereocenters. The Bertz CT molecular complexity index is 2100. The summed E-state index contributed by atoms with van der Waals surface area (Å²) in [4.78, 5) is 32.8. The van der Waals surface area contributed by atoms with Gasteiger partial charge in [0.1, 0.15) is 24.1 Å². The topological polar surface area (TPSA) is 79.1 Å². The number of allylic oxidation sites excluding steroid dienone is 1. The van der Waals surface area contributed by atoms with E-state index in [0.29, 0.717) is 49.3 Å². The molecular weight excluding hydrogens is 596 g/mol. The summed E-state index contributed by atoms with van der Waals surface area (Å²) < 4.78 is 19.3. The van der Waals surface area contributed by atoms with Crippen LogP contribution in [0, 0.1) is 0 Å². The highest BCUT2D eigenvalue weighted by Gasteiger charge is 2.36. The Labute approximate surface area is 262 Å². The van der Waals surface area contributed by atoms with Gasteiger partial charge in [0, 0.05) is 16.1 Å².